The van der Waals surface area contributed by atoms with E-state index in [0.717, 1.165) is 16.2 Å². The quantitative estimate of drug-likeness (QED) is 0.549. The Kier molecular flexibility index (Phi) is 4.13. The molecule has 0 radical (unpaired) electrons. The normalized spacial score (nSPS) is 12.4. The van der Waals surface area contributed by atoms with E-state index in [0.29, 0.717) is 0 Å². The van der Waals surface area contributed by atoms with Crippen molar-refractivity contribution in [2.24, 2.45) is 0 Å². The van der Waals surface area contributed by atoms with E-state index in [9.17, 15) is 0 Å². The summed E-state index contributed by atoms with van der Waals surface area (Å²) in [6.07, 6.45) is 4.01. The largest absolute Gasteiger partial charge is 0.151 e. The maximum Gasteiger partial charge on any atom is 0.0406 e. The van der Waals surface area contributed by atoms with Gasteiger partial charge in [-0.15, -0.1) is 0 Å². The molecule has 0 heterocycles. The molecule has 0 spiro atoms. The number of hydrogen-bond donors (Lipinski definition) is 1. The average molecular weight is 211 g/mol. The fourth-order valence-electron chi connectivity index (χ4n) is 0.988. The highest BCUT2D eigenvalue weighted by Crippen LogP contribution is 2.12. The Labute approximate surface area is 89.3 Å². The van der Waals surface area contributed by atoms with Crippen LogP contribution >= 0.6 is 24.2 Å². The van der Waals surface area contributed by atoms with Crippen molar-refractivity contribution in [2.75, 3.05) is 0 Å². The average Bonchev–Trinajstić information content (AvgIpc) is 2.09. The van der Waals surface area contributed by atoms with Crippen LogP contribution in [0.4, 0.5) is 0 Å². The highest BCUT2D eigenvalue weighted by molar-refractivity contribution is 7.83. The first-order chi connectivity index (χ1) is 6.22. The number of hydrogen-bond acceptors (Lipinski definition) is 1. The summed E-state index contributed by atoms with van der Waals surface area (Å²) in [6.45, 7) is 2.03. The van der Waals surface area contributed by atoms with E-state index in [4.69, 9.17) is 11.6 Å². The van der Waals surface area contributed by atoms with Gasteiger partial charge in [0.05, 0.1) is 0 Å². The summed E-state index contributed by atoms with van der Waals surface area (Å²) < 4.78 is 0. The molecular weight excluding hydrogens is 200 g/mol. The van der Waals surface area contributed by atoms with E-state index in [1.54, 1.807) is 5.41 Å². The van der Waals surface area contributed by atoms with Gasteiger partial charge in [0.25, 0.3) is 0 Å². The number of benzene rings is 1. The zero-order valence-electron chi connectivity index (χ0n) is 7.37. The van der Waals surface area contributed by atoms with Crippen molar-refractivity contribution in [1.82, 2.24) is 0 Å². The van der Waals surface area contributed by atoms with E-state index >= 15 is 0 Å². The van der Waals surface area contributed by atoms with Crippen LogP contribution in [-0.2, 0) is 0 Å². The van der Waals surface area contributed by atoms with Crippen LogP contribution in [0.5, 0.6) is 0 Å². The predicted molar refractivity (Wildman–Crippen MR) is 63.2 cm³/mol. The summed E-state index contributed by atoms with van der Waals surface area (Å²) in [5, 5.41) is 2.49. The second kappa shape index (κ2) is 5.15. The number of halogens is 1. The van der Waals surface area contributed by atoms with Crippen LogP contribution in [0.25, 0.3) is 6.08 Å². The molecule has 0 fully saturated rings. The first-order valence-corrected chi connectivity index (χ1v) is 4.86. The summed E-state index contributed by atoms with van der Waals surface area (Å²) >= 11 is 9.76. The van der Waals surface area contributed by atoms with Gasteiger partial charge < -0.3 is 0 Å². The molecular formula is C11H11ClS. The third-order valence-corrected chi connectivity index (χ3v) is 2.00. The van der Waals surface area contributed by atoms with E-state index < -0.39 is 0 Å². The van der Waals surface area contributed by atoms with E-state index in [1.807, 2.05) is 37.3 Å². The summed E-state index contributed by atoms with van der Waals surface area (Å²) in [5.41, 5.74) is 2.31. The summed E-state index contributed by atoms with van der Waals surface area (Å²) in [6, 6.07) is 7.73. The summed E-state index contributed by atoms with van der Waals surface area (Å²) in [5.74, 6) is 0. The molecule has 13 heavy (non-hydrogen) atoms. The maximum absolute atomic E-state index is 5.76. The minimum Gasteiger partial charge on any atom is -0.151 e. The standard InChI is InChI=1S/C11H11ClS/c1-9(6-7-13)8-10-2-4-11(12)5-3-10/h2-8,13H,1H3/b7-6-,9-8+. The molecule has 68 valence electrons. The first-order valence-electron chi connectivity index (χ1n) is 3.97. The van der Waals surface area contributed by atoms with Crippen LogP contribution in [0.1, 0.15) is 12.5 Å². The molecule has 0 unspecified atom stereocenters. The zero-order chi connectivity index (χ0) is 9.68. The first kappa shape index (κ1) is 10.4. The van der Waals surface area contributed by atoms with Gasteiger partial charge in [-0.2, -0.15) is 12.6 Å². The lowest BCUT2D eigenvalue weighted by molar-refractivity contribution is 1.55. The summed E-state index contributed by atoms with van der Waals surface area (Å²) in [7, 11) is 0. The van der Waals surface area contributed by atoms with Crippen molar-refractivity contribution in [3.05, 3.63) is 51.9 Å². The second-order valence-electron chi connectivity index (χ2n) is 2.76. The van der Waals surface area contributed by atoms with Crippen molar-refractivity contribution in [2.45, 2.75) is 6.92 Å². The third-order valence-electron chi connectivity index (χ3n) is 1.60. The molecule has 0 aliphatic carbocycles. The summed E-state index contributed by atoms with van der Waals surface area (Å²) in [4.78, 5) is 0. The van der Waals surface area contributed by atoms with Gasteiger partial charge in [0.15, 0.2) is 0 Å². The van der Waals surface area contributed by atoms with Crippen LogP contribution in [0.2, 0.25) is 5.02 Å². The van der Waals surface area contributed by atoms with Crippen LogP contribution in [0, 0.1) is 0 Å². The Hall–Kier alpha value is -0.660. The van der Waals surface area contributed by atoms with Gasteiger partial charge in [0.1, 0.15) is 0 Å². The minimum absolute atomic E-state index is 0.763. The Morgan fingerprint density at radius 1 is 1.31 bits per heavy atom. The highest BCUT2D eigenvalue weighted by atomic mass is 35.5. The Morgan fingerprint density at radius 3 is 2.46 bits per heavy atom. The molecule has 1 aromatic rings. The van der Waals surface area contributed by atoms with Crippen LogP contribution in [-0.4, -0.2) is 0 Å². The van der Waals surface area contributed by atoms with Crippen LogP contribution in [0.3, 0.4) is 0 Å². The molecule has 0 aliphatic heterocycles. The van der Waals surface area contributed by atoms with E-state index in [1.165, 1.54) is 0 Å². The Balaban J connectivity index is 2.85. The zero-order valence-corrected chi connectivity index (χ0v) is 9.02. The van der Waals surface area contributed by atoms with Gasteiger partial charge in [-0.05, 0) is 30.0 Å². The fraction of sp³-hybridized carbons (Fsp3) is 0.0909. The van der Waals surface area contributed by atoms with Crippen molar-refractivity contribution in [1.29, 1.82) is 0 Å². The Bertz CT molecular complexity index is 322. The van der Waals surface area contributed by atoms with Crippen molar-refractivity contribution >= 4 is 30.3 Å². The lowest BCUT2D eigenvalue weighted by atomic mass is 10.1. The molecule has 0 N–H and O–H groups in total. The molecule has 0 bridgehead atoms. The molecule has 0 aromatic heterocycles. The maximum atomic E-state index is 5.76. The number of allylic oxidation sites excluding steroid dienone is 2. The molecule has 0 saturated heterocycles. The smallest absolute Gasteiger partial charge is 0.0406 e. The molecule has 0 aliphatic rings. The van der Waals surface area contributed by atoms with Crippen molar-refractivity contribution in [3.63, 3.8) is 0 Å². The lowest BCUT2D eigenvalue weighted by Crippen LogP contribution is -1.73. The molecule has 1 aromatic carbocycles. The van der Waals surface area contributed by atoms with Gasteiger partial charge in [0.2, 0.25) is 0 Å². The molecule has 0 nitrogen and oxygen atoms in total. The second-order valence-corrected chi connectivity index (χ2v) is 3.49. The minimum atomic E-state index is 0.763. The third kappa shape index (κ3) is 3.71. The molecule has 0 saturated carbocycles. The van der Waals surface area contributed by atoms with Crippen molar-refractivity contribution < 1.29 is 0 Å². The Morgan fingerprint density at radius 2 is 1.92 bits per heavy atom. The number of thiol groups is 1. The molecule has 0 amide bonds. The van der Waals surface area contributed by atoms with Crippen LogP contribution < -0.4 is 0 Å². The molecule has 0 atom stereocenters. The molecule has 1 rings (SSSR count). The van der Waals surface area contributed by atoms with Gasteiger partial charge in [-0.25, -0.2) is 0 Å². The van der Waals surface area contributed by atoms with E-state index in [2.05, 4.69) is 18.7 Å². The monoisotopic (exact) mass is 210 g/mol. The molecule has 2 heteroatoms. The van der Waals surface area contributed by atoms with Crippen LogP contribution in [0.15, 0.2) is 41.3 Å². The van der Waals surface area contributed by atoms with Gasteiger partial charge in [-0.1, -0.05) is 41.5 Å². The topological polar surface area (TPSA) is 0 Å². The van der Waals surface area contributed by atoms with Gasteiger partial charge in [-0.3, -0.25) is 0 Å². The number of rotatable bonds is 2. The van der Waals surface area contributed by atoms with Gasteiger partial charge in [0, 0.05) is 5.02 Å². The lowest BCUT2D eigenvalue weighted by Gasteiger charge is -1.95. The predicted octanol–water partition coefficient (Wildman–Crippen LogP) is 4.19. The van der Waals surface area contributed by atoms with E-state index in [-0.39, 0.29) is 0 Å². The van der Waals surface area contributed by atoms with Gasteiger partial charge >= 0.3 is 0 Å². The highest BCUT2D eigenvalue weighted by Gasteiger charge is 1.88. The fourth-order valence-corrected chi connectivity index (χ4v) is 1.35. The van der Waals surface area contributed by atoms with Crippen molar-refractivity contribution in [3.8, 4) is 0 Å². The SMILES string of the molecule is CC(/C=C\S)=C\c1ccc(Cl)cc1.